The second-order valence-corrected chi connectivity index (χ2v) is 9.19. The van der Waals surface area contributed by atoms with Gasteiger partial charge in [0.2, 0.25) is 0 Å². The largest absolute Gasteiger partial charge is 0.755 e. The van der Waals surface area contributed by atoms with E-state index in [1.807, 2.05) is 54.6 Å². The van der Waals surface area contributed by atoms with Crippen molar-refractivity contribution in [2.75, 3.05) is 4.31 Å². The van der Waals surface area contributed by atoms with E-state index in [0.717, 1.165) is 20.8 Å². The Morgan fingerprint density at radius 2 is 1.43 bits per heavy atom. The molecule has 0 aliphatic rings. The van der Waals surface area contributed by atoms with Crippen LogP contribution in [0.1, 0.15) is 21.5 Å². The minimum absolute atomic E-state index is 0.253. The molecule has 5 aromatic rings. The Morgan fingerprint density at radius 3 is 2.22 bits per heavy atom. The standard InChI is InChI=1S/C29H24N4O3S/c34-29(32(20-22-9-2-1-3-10-22)21-23-11-7-17-30-19-23)25-14-4-5-15-26(25)33(37(35)36)27-16-6-12-24-13-8-18-31-28(24)27/h1-19H,20-21H2,(H,35,36)/p-1. The number of carbonyl (C=O) groups is 1. The zero-order valence-electron chi connectivity index (χ0n) is 19.8. The van der Waals surface area contributed by atoms with Crippen LogP contribution in [-0.4, -0.2) is 29.5 Å². The molecule has 7 nitrogen and oxygen atoms in total. The Balaban J connectivity index is 1.59. The molecular weight excluding hydrogens is 484 g/mol. The van der Waals surface area contributed by atoms with Gasteiger partial charge < -0.3 is 9.45 Å². The minimum atomic E-state index is -2.71. The van der Waals surface area contributed by atoms with Gasteiger partial charge in [-0.1, -0.05) is 66.7 Å². The fraction of sp³-hybridized carbons (Fsp3) is 0.0690. The van der Waals surface area contributed by atoms with Crippen LogP contribution in [0.4, 0.5) is 11.4 Å². The van der Waals surface area contributed by atoms with E-state index in [1.54, 1.807) is 66.0 Å². The molecule has 0 saturated carbocycles. The highest BCUT2D eigenvalue weighted by molar-refractivity contribution is 7.81. The van der Waals surface area contributed by atoms with Crippen molar-refractivity contribution in [3.8, 4) is 0 Å². The predicted molar refractivity (Wildman–Crippen MR) is 144 cm³/mol. The third-order valence-corrected chi connectivity index (χ3v) is 6.62. The molecule has 1 unspecified atom stereocenters. The van der Waals surface area contributed by atoms with Gasteiger partial charge >= 0.3 is 0 Å². The number of nitrogens with zero attached hydrogens (tertiary/aromatic N) is 4. The van der Waals surface area contributed by atoms with Crippen molar-refractivity contribution in [2.45, 2.75) is 13.1 Å². The first-order valence-electron chi connectivity index (χ1n) is 11.7. The SMILES string of the molecule is O=C(c1ccccc1N(c1cccc2cccnc12)S(=O)[O-])N(Cc1ccccc1)Cc1cccnc1. The van der Waals surface area contributed by atoms with E-state index in [0.29, 0.717) is 24.3 Å². The summed E-state index contributed by atoms with van der Waals surface area (Å²) in [5.74, 6) is -0.299. The minimum Gasteiger partial charge on any atom is -0.755 e. The summed E-state index contributed by atoms with van der Waals surface area (Å²) in [6.45, 7) is 0.658. The predicted octanol–water partition coefficient (Wildman–Crippen LogP) is 5.40. The quantitative estimate of drug-likeness (QED) is 0.262. The molecule has 0 aliphatic carbocycles. The molecule has 5 rings (SSSR count). The first-order valence-corrected chi connectivity index (χ1v) is 12.7. The average Bonchev–Trinajstić information content (AvgIpc) is 2.94. The fourth-order valence-corrected chi connectivity index (χ4v) is 4.89. The Bertz CT molecular complexity index is 1500. The zero-order valence-corrected chi connectivity index (χ0v) is 20.6. The fourth-order valence-electron chi connectivity index (χ4n) is 4.26. The first kappa shape index (κ1) is 24.3. The van der Waals surface area contributed by atoms with Crippen molar-refractivity contribution in [3.05, 3.63) is 132 Å². The van der Waals surface area contributed by atoms with Crippen LogP contribution in [0, 0.1) is 0 Å². The van der Waals surface area contributed by atoms with E-state index >= 15 is 0 Å². The summed E-state index contributed by atoms with van der Waals surface area (Å²) in [7, 11) is 0. The van der Waals surface area contributed by atoms with Gasteiger partial charge in [-0.15, -0.1) is 0 Å². The molecule has 3 aromatic carbocycles. The molecule has 37 heavy (non-hydrogen) atoms. The summed E-state index contributed by atoms with van der Waals surface area (Å²) in [4.78, 5) is 24.3. The Hall–Kier alpha value is -4.40. The highest BCUT2D eigenvalue weighted by atomic mass is 32.2. The highest BCUT2D eigenvalue weighted by Crippen LogP contribution is 2.35. The van der Waals surface area contributed by atoms with Crippen molar-refractivity contribution in [3.63, 3.8) is 0 Å². The summed E-state index contributed by atoms with van der Waals surface area (Å²) in [6.07, 6.45) is 5.02. The van der Waals surface area contributed by atoms with Crippen LogP contribution >= 0.6 is 0 Å². The van der Waals surface area contributed by atoms with Gasteiger partial charge in [-0.25, -0.2) is 0 Å². The van der Waals surface area contributed by atoms with Gasteiger partial charge in [0.25, 0.3) is 5.91 Å². The molecule has 0 fully saturated rings. The van der Waals surface area contributed by atoms with E-state index in [9.17, 15) is 13.6 Å². The second-order valence-electron chi connectivity index (χ2n) is 8.39. The van der Waals surface area contributed by atoms with Crippen molar-refractivity contribution in [1.29, 1.82) is 0 Å². The smallest absolute Gasteiger partial charge is 0.256 e. The van der Waals surface area contributed by atoms with Crippen LogP contribution in [0.2, 0.25) is 0 Å². The van der Waals surface area contributed by atoms with E-state index < -0.39 is 11.3 Å². The third kappa shape index (κ3) is 5.40. The first-order chi connectivity index (χ1) is 18.1. The molecule has 1 amide bonds. The Morgan fingerprint density at radius 1 is 0.757 bits per heavy atom. The number of benzene rings is 3. The number of aromatic nitrogens is 2. The lowest BCUT2D eigenvalue weighted by Crippen LogP contribution is -2.32. The maximum absolute atomic E-state index is 14.1. The molecule has 0 aliphatic heterocycles. The molecular formula is C29H23N4O3S-. The van der Waals surface area contributed by atoms with E-state index in [-0.39, 0.29) is 17.2 Å². The Kier molecular flexibility index (Phi) is 7.30. The van der Waals surface area contributed by atoms with Gasteiger partial charge in [0, 0.05) is 37.1 Å². The lowest BCUT2D eigenvalue weighted by Gasteiger charge is -2.30. The van der Waals surface area contributed by atoms with Crippen LogP contribution in [0.5, 0.6) is 0 Å². The third-order valence-electron chi connectivity index (χ3n) is 5.93. The number of anilines is 2. The van der Waals surface area contributed by atoms with Crippen LogP contribution in [0.15, 0.2) is 116 Å². The molecule has 1 atom stereocenters. The van der Waals surface area contributed by atoms with Crippen molar-refractivity contribution in [1.82, 2.24) is 14.9 Å². The summed E-state index contributed by atoms with van der Waals surface area (Å²) in [5, 5.41) is 0.793. The molecule has 0 N–H and O–H groups in total. The van der Waals surface area contributed by atoms with E-state index in [4.69, 9.17) is 0 Å². The number of rotatable bonds is 8. The molecule has 2 aromatic heterocycles. The molecule has 0 radical (unpaired) electrons. The van der Waals surface area contributed by atoms with Crippen molar-refractivity contribution < 1.29 is 13.6 Å². The molecule has 2 heterocycles. The number of carbonyl (C=O) groups excluding carboxylic acids is 1. The maximum Gasteiger partial charge on any atom is 0.256 e. The van der Waals surface area contributed by atoms with E-state index in [1.165, 1.54) is 0 Å². The number of pyridine rings is 2. The number of para-hydroxylation sites is 2. The van der Waals surface area contributed by atoms with E-state index in [2.05, 4.69) is 9.97 Å². The number of hydrogen-bond acceptors (Lipinski definition) is 5. The van der Waals surface area contributed by atoms with Gasteiger partial charge in [-0.2, -0.15) is 0 Å². The number of hydrogen-bond donors (Lipinski definition) is 0. The maximum atomic E-state index is 14.1. The summed E-state index contributed by atoms with van der Waals surface area (Å²) in [6, 6.07) is 29.1. The van der Waals surface area contributed by atoms with Gasteiger partial charge in [0.15, 0.2) is 0 Å². The number of amides is 1. The van der Waals surface area contributed by atoms with Gasteiger partial charge in [-0.3, -0.25) is 23.3 Å². The average molecular weight is 508 g/mol. The van der Waals surface area contributed by atoms with Crippen molar-refractivity contribution in [2.24, 2.45) is 0 Å². The van der Waals surface area contributed by atoms with Crippen LogP contribution in [0.25, 0.3) is 10.9 Å². The van der Waals surface area contributed by atoms with Crippen molar-refractivity contribution >= 4 is 39.5 Å². The lowest BCUT2D eigenvalue weighted by molar-refractivity contribution is 0.0731. The normalized spacial score (nSPS) is 11.7. The molecule has 8 heteroatoms. The Labute approximate surface area is 217 Å². The molecule has 0 spiro atoms. The summed E-state index contributed by atoms with van der Waals surface area (Å²) < 4.78 is 26.4. The summed E-state index contributed by atoms with van der Waals surface area (Å²) in [5.41, 5.74) is 3.23. The topological polar surface area (TPSA) is 89.5 Å². The molecule has 0 saturated heterocycles. The highest BCUT2D eigenvalue weighted by Gasteiger charge is 2.24. The zero-order chi connectivity index (χ0) is 25.6. The summed E-state index contributed by atoms with van der Waals surface area (Å²) >= 11 is -2.71. The van der Waals surface area contributed by atoms with Crippen LogP contribution < -0.4 is 4.31 Å². The molecule has 0 bridgehead atoms. The van der Waals surface area contributed by atoms with Crippen LogP contribution in [0.3, 0.4) is 0 Å². The van der Waals surface area contributed by atoms with Gasteiger partial charge in [0.1, 0.15) is 0 Å². The monoisotopic (exact) mass is 507 g/mol. The second kappa shape index (κ2) is 11.1. The lowest BCUT2D eigenvalue weighted by atomic mass is 10.1. The van der Waals surface area contributed by atoms with Gasteiger partial charge in [0.05, 0.1) is 33.7 Å². The van der Waals surface area contributed by atoms with Crippen LogP contribution in [-0.2, 0) is 24.4 Å². The molecule has 184 valence electrons. The van der Waals surface area contributed by atoms with Gasteiger partial charge in [-0.05, 0) is 41.5 Å². The number of fused-ring (bicyclic) bond motifs is 1.